The summed E-state index contributed by atoms with van der Waals surface area (Å²) >= 11 is 5.50. The summed E-state index contributed by atoms with van der Waals surface area (Å²) in [6.45, 7) is 0.274. The molecule has 0 aromatic carbocycles. The highest BCUT2D eigenvalue weighted by Crippen LogP contribution is 2.07. The Labute approximate surface area is 115 Å². The Hall–Kier alpha value is -1.57. The third-order valence-electron chi connectivity index (χ3n) is 2.34. The predicted molar refractivity (Wildman–Crippen MR) is 70.2 cm³/mol. The van der Waals surface area contributed by atoms with Gasteiger partial charge in [0.05, 0.1) is 12.4 Å². The van der Waals surface area contributed by atoms with Crippen LogP contribution in [0.2, 0.25) is 5.28 Å². The van der Waals surface area contributed by atoms with Crippen LogP contribution in [0.25, 0.3) is 0 Å². The van der Waals surface area contributed by atoms with Crippen LogP contribution in [-0.4, -0.2) is 29.9 Å². The number of nitrogens with zero attached hydrogens (tertiary/aromatic N) is 3. The van der Waals surface area contributed by atoms with E-state index < -0.39 is 10.0 Å². The van der Waals surface area contributed by atoms with Crippen molar-refractivity contribution < 1.29 is 8.42 Å². The van der Waals surface area contributed by atoms with E-state index in [2.05, 4.69) is 19.7 Å². The summed E-state index contributed by atoms with van der Waals surface area (Å²) in [5.41, 5.74) is 0.956. The molecule has 19 heavy (non-hydrogen) atoms. The molecule has 2 heterocycles. The zero-order chi connectivity index (χ0) is 13.7. The van der Waals surface area contributed by atoms with E-state index in [1.54, 1.807) is 18.5 Å². The van der Waals surface area contributed by atoms with Gasteiger partial charge in [-0.2, -0.15) is 0 Å². The predicted octanol–water partition coefficient (Wildman–Crippen LogP) is 1.05. The molecule has 100 valence electrons. The number of hydrogen-bond donors (Lipinski definition) is 1. The minimum atomic E-state index is -3.60. The average Bonchev–Trinajstić information content (AvgIpc) is 2.40. The Morgan fingerprint density at radius 3 is 2.58 bits per heavy atom. The Kier molecular flexibility index (Phi) is 4.41. The second kappa shape index (κ2) is 6.05. The van der Waals surface area contributed by atoms with E-state index in [9.17, 15) is 8.42 Å². The number of nitrogens with one attached hydrogen (secondary N) is 1. The van der Waals surface area contributed by atoms with Gasteiger partial charge in [-0.25, -0.2) is 23.1 Å². The van der Waals surface area contributed by atoms with Gasteiger partial charge in [0.1, 0.15) is 4.90 Å². The number of sulfonamides is 1. The maximum atomic E-state index is 11.9. The zero-order valence-electron chi connectivity index (χ0n) is 9.82. The Morgan fingerprint density at radius 2 is 1.95 bits per heavy atom. The van der Waals surface area contributed by atoms with Crippen molar-refractivity contribution in [2.75, 3.05) is 6.54 Å². The fourth-order valence-corrected chi connectivity index (χ4v) is 2.42. The molecule has 8 heteroatoms. The van der Waals surface area contributed by atoms with Gasteiger partial charge in [0.15, 0.2) is 0 Å². The van der Waals surface area contributed by atoms with Gasteiger partial charge in [-0.1, -0.05) is 6.07 Å². The number of hydrogen-bond acceptors (Lipinski definition) is 5. The van der Waals surface area contributed by atoms with Crippen molar-refractivity contribution in [1.82, 2.24) is 19.7 Å². The van der Waals surface area contributed by atoms with Crippen molar-refractivity contribution in [2.45, 2.75) is 11.3 Å². The first-order valence-corrected chi connectivity index (χ1v) is 7.30. The van der Waals surface area contributed by atoms with Crippen LogP contribution in [0.5, 0.6) is 0 Å². The lowest BCUT2D eigenvalue weighted by Gasteiger charge is -2.05. The molecular formula is C11H11ClN4O2S. The molecule has 0 radical (unpaired) electrons. The van der Waals surface area contributed by atoms with E-state index in [1.165, 1.54) is 12.4 Å². The summed E-state index contributed by atoms with van der Waals surface area (Å²) in [7, 11) is -3.60. The highest BCUT2D eigenvalue weighted by Gasteiger charge is 2.14. The fraction of sp³-hybridized carbons (Fsp3) is 0.182. The van der Waals surface area contributed by atoms with Crippen LogP contribution in [0.4, 0.5) is 0 Å². The highest BCUT2D eigenvalue weighted by atomic mass is 35.5. The maximum absolute atomic E-state index is 11.9. The molecule has 0 unspecified atom stereocenters. The van der Waals surface area contributed by atoms with Crippen molar-refractivity contribution in [1.29, 1.82) is 0 Å². The standard InChI is InChI=1S/C11H11ClN4O2S/c12-11-14-7-10(8-15-11)19(17,18)16-5-3-9-2-1-4-13-6-9/h1-2,4,6-8,16H,3,5H2. The molecule has 2 aromatic rings. The first kappa shape index (κ1) is 13.9. The summed E-state index contributed by atoms with van der Waals surface area (Å²) < 4.78 is 26.2. The van der Waals surface area contributed by atoms with Crippen molar-refractivity contribution in [2.24, 2.45) is 0 Å². The van der Waals surface area contributed by atoms with Crippen molar-refractivity contribution in [3.05, 3.63) is 47.8 Å². The fourth-order valence-electron chi connectivity index (χ4n) is 1.40. The Morgan fingerprint density at radius 1 is 1.21 bits per heavy atom. The number of rotatable bonds is 5. The molecule has 0 atom stereocenters. The molecule has 0 fully saturated rings. The quantitative estimate of drug-likeness (QED) is 0.834. The van der Waals surface area contributed by atoms with Crippen LogP contribution in [0.15, 0.2) is 41.8 Å². The van der Waals surface area contributed by atoms with E-state index in [0.29, 0.717) is 6.42 Å². The summed E-state index contributed by atoms with van der Waals surface area (Å²) in [4.78, 5) is 11.2. The molecule has 0 saturated heterocycles. The molecule has 0 bridgehead atoms. The number of aromatic nitrogens is 3. The van der Waals surface area contributed by atoms with Gasteiger partial charge in [-0.3, -0.25) is 4.98 Å². The van der Waals surface area contributed by atoms with Gasteiger partial charge in [-0.05, 0) is 29.7 Å². The topological polar surface area (TPSA) is 84.8 Å². The molecule has 2 rings (SSSR count). The molecule has 0 aliphatic rings. The second-order valence-corrected chi connectivity index (χ2v) is 5.80. The summed E-state index contributed by atoms with van der Waals surface area (Å²) in [5.74, 6) is 0. The van der Waals surface area contributed by atoms with E-state index in [4.69, 9.17) is 11.6 Å². The van der Waals surface area contributed by atoms with E-state index in [0.717, 1.165) is 5.56 Å². The molecule has 6 nitrogen and oxygen atoms in total. The van der Waals surface area contributed by atoms with Crippen molar-refractivity contribution in [3.8, 4) is 0 Å². The molecule has 1 N–H and O–H groups in total. The minimum Gasteiger partial charge on any atom is -0.264 e. The van der Waals surface area contributed by atoms with E-state index >= 15 is 0 Å². The van der Waals surface area contributed by atoms with Crippen LogP contribution >= 0.6 is 11.6 Å². The second-order valence-electron chi connectivity index (χ2n) is 3.70. The molecule has 0 amide bonds. The first-order valence-electron chi connectivity index (χ1n) is 5.44. The maximum Gasteiger partial charge on any atom is 0.243 e. The van der Waals surface area contributed by atoms with Crippen molar-refractivity contribution in [3.63, 3.8) is 0 Å². The monoisotopic (exact) mass is 298 g/mol. The average molecular weight is 299 g/mol. The highest BCUT2D eigenvalue weighted by molar-refractivity contribution is 7.89. The third-order valence-corrected chi connectivity index (χ3v) is 3.95. The van der Waals surface area contributed by atoms with E-state index in [-0.39, 0.29) is 16.7 Å². The first-order chi connectivity index (χ1) is 9.08. The lowest BCUT2D eigenvalue weighted by Crippen LogP contribution is -2.26. The van der Waals surface area contributed by atoms with Crippen molar-refractivity contribution >= 4 is 21.6 Å². The lowest BCUT2D eigenvalue weighted by atomic mass is 10.2. The third kappa shape index (κ3) is 3.95. The van der Waals surface area contributed by atoms with Crippen LogP contribution in [0.3, 0.4) is 0 Å². The smallest absolute Gasteiger partial charge is 0.243 e. The summed E-state index contributed by atoms with van der Waals surface area (Å²) in [5, 5.41) is 0.00862. The van der Waals surface area contributed by atoms with E-state index in [1.807, 2.05) is 6.07 Å². The minimum absolute atomic E-state index is 0.00862. The Balaban J connectivity index is 1.97. The van der Waals surface area contributed by atoms with Gasteiger partial charge in [0.2, 0.25) is 15.3 Å². The molecular weight excluding hydrogens is 288 g/mol. The van der Waals surface area contributed by atoms with Gasteiger partial charge in [-0.15, -0.1) is 0 Å². The van der Waals surface area contributed by atoms with Crippen LogP contribution in [-0.2, 0) is 16.4 Å². The molecule has 0 aliphatic heterocycles. The Bertz CT molecular complexity index is 632. The molecule has 0 spiro atoms. The number of halogens is 1. The molecule has 0 saturated carbocycles. The van der Waals surface area contributed by atoms with Crippen LogP contribution < -0.4 is 4.72 Å². The lowest BCUT2D eigenvalue weighted by molar-refractivity contribution is 0.580. The van der Waals surface area contributed by atoms with Gasteiger partial charge < -0.3 is 0 Å². The van der Waals surface area contributed by atoms with Crippen LogP contribution in [0, 0.1) is 0 Å². The number of pyridine rings is 1. The SMILES string of the molecule is O=S(=O)(NCCc1cccnc1)c1cnc(Cl)nc1. The van der Waals surface area contributed by atoms with Crippen LogP contribution in [0.1, 0.15) is 5.56 Å². The molecule has 0 aliphatic carbocycles. The normalized spacial score (nSPS) is 11.4. The summed E-state index contributed by atoms with van der Waals surface area (Å²) in [6.07, 6.45) is 6.25. The van der Waals surface area contributed by atoms with Gasteiger partial charge in [0.25, 0.3) is 0 Å². The summed E-state index contributed by atoms with van der Waals surface area (Å²) in [6, 6.07) is 3.68. The largest absolute Gasteiger partial charge is 0.264 e. The zero-order valence-corrected chi connectivity index (χ0v) is 11.4. The molecule has 2 aromatic heterocycles. The van der Waals surface area contributed by atoms with Gasteiger partial charge in [0, 0.05) is 18.9 Å². The van der Waals surface area contributed by atoms with Gasteiger partial charge >= 0.3 is 0 Å².